The zero-order valence-corrected chi connectivity index (χ0v) is 11.4. The van der Waals surface area contributed by atoms with Gasteiger partial charge in [0.15, 0.2) is 0 Å². The molecule has 0 fully saturated rings. The number of nitrogens with one attached hydrogen (secondary N) is 3. The van der Waals surface area contributed by atoms with Crippen LogP contribution in [0.15, 0.2) is 48.7 Å². The van der Waals surface area contributed by atoms with Crippen molar-refractivity contribution >= 4 is 28.3 Å². The number of H-pyrrole nitrogens is 1. The largest absolute Gasteiger partial charge is 0.359 e. The molecule has 0 aliphatic carbocycles. The molecule has 0 radical (unpaired) electrons. The first-order valence-corrected chi connectivity index (χ1v) is 6.54. The maximum Gasteiger partial charge on any atom is 0.323 e. The third-order valence-corrected chi connectivity index (χ3v) is 3.27. The van der Waals surface area contributed by atoms with Crippen LogP contribution in [0.25, 0.3) is 10.9 Å². The third kappa shape index (κ3) is 2.72. The van der Waals surface area contributed by atoms with Crippen LogP contribution in [0.1, 0.15) is 5.56 Å². The molecule has 0 atom stereocenters. The number of carbonyl (C=O) groups is 1. The van der Waals surface area contributed by atoms with Gasteiger partial charge in [0.05, 0.1) is 5.69 Å². The predicted molar refractivity (Wildman–Crippen MR) is 82.1 cm³/mol. The molecule has 0 saturated carbocycles. The van der Waals surface area contributed by atoms with Crippen molar-refractivity contribution in [2.75, 3.05) is 10.6 Å². The Bertz CT molecular complexity index is 810. The Balaban J connectivity index is 1.75. The van der Waals surface area contributed by atoms with Crippen LogP contribution in [0.4, 0.5) is 20.6 Å². The molecule has 106 valence electrons. The molecule has 2 aromatic carbocycles. The number of carbonyl (C=O) groups excluding carboxylic acids is 1. The standard InChI is InChI=1S/C16H14FN3O/c1-10-6-7-11(8-13(10)17)19-16(21)20-15-9-18-14-5-3-2-4-12(14)15/h2-9,18H,1H3,(H2,19,20,21). The van der Waals surface area contributed by atoms with Crippen molar-refractivity contribution in [3.8, 4) is 0 Å². The summed E-state index contributed by atoms with van der Waals surface area (Å²) in [5.41, 5.74) is 2.57. The molecular weight excluding hydrogens is 269 g/mol. The van der Waals surface area contributed by atoms with E-state index in [2.05, 4.69) is 15.6 Å². The fourth-order valence-electron chi connectivity index (χ4n) is 2.13. The number of anilines is 2. The number of aryl methyl sites for hydroxylation is 1. The fourth-order valence-corrected chi connectivity index (χ4v) is 2.13. The number of halogens is 1. The van der Waals surface area contributed by atoms with Gasteiger partial charge in [0, 0.05) is 22.8 Å². The molecule has 3 N–H and O–H groups in total. The summed E-state index contributed by atoms with van der Waals surface area (Å²) in [6.07, 6.45) is 1.72. The summed E-state index contributed by atoms with van der Waals surface area (Å²) >= 11 is 0. The lowest BCUT2D eigenvalue weighted by atomic mass is 10.2. The van der Waals surface area contributed by atoms with Crippen LogP contribution < -0.4 is 10.6 Å². The second kappa shape index (κ2) is 5.28. The summed E-state index contributed by atoms with van der Waals surface area (Å²) in [5.74, 6) is -0.347. The van der Waals surface area contributed by atoms with Gasteiger partial charge < -0.3 is 15.6 Å². The summed E-state index contributed by atoms with van der Waals surface area (Å²) < 4.78 is 13.4. The molecule has 21 heavy (non-hydrogen) atoms. The van der Waals surface area contributed by atoms with Gasteiger partial charge in [-0.15, -0.1) is 0 Å². The van der Waals surface area contributed by atoms with Crippen LogP contribution in [0.2, 0.25) is 0 Å². The quantitative estimate of drug-likeness (QED) is 0.646. The maximum atomic E-state index is 13.4. The highest BCUT2D eigenvalue weighted by atomic mass is 19.1. The zero-order chi connectivity index (χ0) is 14.8. The van der Waals surface area contributed by atoms with Gasteiger partial charge in [0.1, 0.15) is 5.82 Å². The Hall–Kier alpha value is -2.82. The number of rotatable bonds is 2. The van der Waals surface area contributed by atoms with Crippen molar-refractivity contribution in [2.24, 2.45) is 0 Å². The highest BCUT2D eigenvalue weighted by molar-refractivity contribution is 6.05. The molecular formula is C16H14FN3O. The molecule has 0 aliphatic heterocycles. The van der Waals surface area contributed by atoms with E-state index in [1.54, 1.807) is 25.3 Å². The number of hydrogen-bond acceptors (Lipinski definition) is 1. The molecule has 5 heteroatoms. The van der Waals surface area contributed by atoms with Crippen molar-refractivity contribution < 1.29 is 9.18 Å². The average Bonchev–Trinajstić information content (AvgIpc) is 2.86. The molecule has 1 heterocycles. The first-order chi connectivity index (χ1) is 10.1. The van der Waals surface area contributed by atoms with Crippen LogP contribution in [-0.2, 0) is 0 Å². The number of amides is 2. The number of urea groups is 1. The van der Waals surface area contributed by atoms with Crippen LogP contribution >= 0.6 is 0 Å². The lowest BCUT2D eigenvalue weighted by molar-refractivity contribution is 0.262. The Morgan fingerprint density at radius 2 is 1.95 bits per heavy atom. The zero-order valence-electron chi connectivity index (χ0n) is 11.4. The molecule has 3 rings (SSSR count). The van der Waals surface area contributed by atoms with E-state index in [1.165, 1.54) is 6.07 Å². The SMILES string of the molecule is Cc1ccc(NC(=O)Nc2c[nH]c3ccccc23)cc1F. The minimum Gasteiger partial charge on any atom is -0.359 e. The monoisotopic (exact) mass is 283 g/mol. The Labute approximate surface area is 121 Å². The number of benzene rings is 2. The van der Waals surface area contributed by atoms with E-state index < -0.39 is 6.03 Å². The summed E-state index contributed by atoms with van der Waals surface area (Å²) in [6, 6.07) is 11.8. The minimum absolute atomic E-state index is 0.347. The molecule has 0 spiro atoms. The van der Waals surface area contributed by atoms with E-state index >= 15 is 0 Å². The van der Waals surface area contributed by atoms with E-state index in [0.717, 1.165) is 10.9 Å². The number of para-hydroxylation sites is 1. The van der Waals surface area contributed by atoms with Crippen molar-refractivity contribution in [1.82, 2.24) is 4.98 Å². The third-order valence-electron chi connectivity index (χ3n) is 3.27. The Kier molecular flexibility index (Phi) is 3.31. The van der Waals surface area contributed by atoms with E-state index in [1.807, 2.05) is 24.3 Å². The van der Waals surface area contributed by atoms with Gasteiger partial charge in [-0.05, 0) is 30.7 Å². The number of hydrogen-bond donors (Lipinski definition) is 3. The molecule has 2 amide bonds. The van der Waals surface area contributed by atoms with Gasteiger partial charge in [0.25, 0.3) is 0 Å². The summed E-state index contributed by atoms with van der Waals surface area (Å²) in [6.45, 7) is 1.67. The summed E-state index contributed by atoms with van der Waals surface area (Å²) in [7, 11) is 0. The Morgan fingerprint density at radius 1 is 1.14 bits per heavy atom. The minimum atomic E-state index is -0.414. The Morgan fingerprint density at radius 3 is 2.76 bits per heavy atom. The van der Waals surface area contributed by atoms with Crippen LogP contribution in [-0.4, -0.2) is 11.0 Å². The number of aromatic nitrogens is 1. The van der Waals surface area contributed by atoms with Gasteiger partial charge in [-0.25, -0.2) is 9.18 Å². The lowest BCUT2D eigenvalue weighted by Crippen LogP contribution is -2.19. The lowest BCUT2D eigenvalue weighted by Gasteiger charge is -2.07. The van der Waals surface area contributed by atoms with Gasteiger partial charge in [-0.1, -0.05) is 24.3 Å². The average molecular weight is 283 g/mol. The number of aromatic amines is 1. The van der Waals surface area contributed by atoms with E-state index in [0.29, 0.717) is 16.9 Å². The van der Waals surface area contributed by atoms with Gasteiger partial charge >= 0.3 is 6.03 Å². The molecule has 0 bridgehead atoms. The highest BCUT2D eigenvalue weighted by Gasteiger charge is 2.08. The van der Waals surface area contributed by atoms with Crippen LogP contribution in [0, 0.1) is 12.7 Å². The summed E-state index contributed by atoms with van der Waals surface area (Å²) in [5, 5.41) is 6.27. The molecule has 0 aliphatic rings. The first kappa shape index (κ1) is 13.2. The van der Waals surface area contributed by atoms with Crippen molar-refractivity contribution in [3.63, 3.8) is 0 Å². The van der Waals surface area contributed by atoms with Crippen LogP contribution in [0.5, 0.6) is 0 Å². The smallest absolute Gasteiger partial charge is 0.323 e. The number of fused-ring (bicyclic) bond motifs is 1. The maximum absolute atomic E-state index is 13.4. The predicted octanol–water partition coefficient (Wildman–Crippen LogP) is 4.26. The van der Waals surface area contributed by atoms with Crippen molar-refractivity contribution in [3.05, 3.63) is 60.0 Å². The fraction of sp³-hybridized carbons (Fsp3) is 0.0625. The van der Waals surface area contributed by atoms with Crippen molar-refractivity contribution in [2.45, 2.75) is 6.92 Å². The molecule has 4 nitrogen and oxygen atoms in total. The van der Waals surface area contributed by atoms with Gasteiger partial charge in [-0.2, -0.15) is 0 Å². The van der Waals surface area contributed by atoms with E-state index in [4.69, 9.17) is 0 Å². The molecule has 0 saturated heterocycles. The topological polar surface area (TPSA) is 56.9 Å². The molecule has 0 unspecified atom stereocenters. The first-order valence-electron chi connectivity index (χ1n) is 6.54. The van der Waals surface area contributed by atoms with E-state index in [-0.39, 0.29) is 5.82 Å². The second-order valence-electron chi connectivity index (χ2n) is 4.79. The van der Waals surface area contributed by atoms with E-state index in [9.17, 15) is 9.18 Å². The normalized spacial score (nSPS) is 10.6. The van der Waals surface area contributed by atoms with Gasteiger partial charge in [-0.3, -0.25) is 0 Å². The summed E-state index contributed by atoms with van der Waals surface area (Å²) in [4.78, 5) is 15.0. The van der Waals surface area contributed by atoms with Crippen molar-refractivity contribution in [1.29, 1.82) is 0 Å². The molecule has 1 aromatic heterocycles. The highest BCUT2D eigenvalue weighted by Crippen LogP contribution is 2.22. The van der Waals surface area contributed by atoms with Gasteiger partial charge in [0.2, 0.25) is 0 Å². The second-order valence-corrected chi connectivity index (χ2v) is 4.79. The van der Waals surface area contributed by atoms with Crippen LogP contribution in [0.3, 0.4) is 0 Å². The molecule has 3 aromatic rings.